The Labute approximate surface area is 138 Å². The molecule has 2 rings (SSSR count). The van der Waals surface area contributed by atoms with Gasteiger partial charge in [0.15, 0.2) is 0 Å². The molecular weight excluding hydrogens is 311 g/mol. The van der Waals surface area contributed by atoms with Crippen LogP contribution in [-0.2, 0) is 0 Å². The number of hydrogen-bond acceptors (Lipinski definition) is 4. The number of rotatable bonds is 4. The van der Waals surface area contributed by atoms with Gasteiger partial charge in [-0.1, -0.05) is 6.92 Å². The Morgan fingerprint density at radius 2 is 2.05 bits per heavy atom. The summed E-state index contributed by atoms with van der Waals surface area (Å²) in [5.74, 6) is -0.103. The van der Waals surface area contributed by atoms with Crippen molar-refractivity contribution in [1.82, 2.24) is 15.2 Å². The van der Waals surface area contributed by atoms with Crippen molar-refractivity contribution >= 4 is 36.4 Å². The van der Waals surface area contributed by atoms with Gasteiger partial charge in [0.1, 0.15) is 5.69 Å². The van der Waals surface area contributed by atoms with E-state index in [4.69, 9.17) is 5.73 Å². The van der Waals surface area contributed by atoms with E-state index in [1.165, 1.54) is 12.6 Å². The minimum absolute atomic E-state index is 0. The highest BCUT2D eigenvalue weighted by Crippen LogP contribution is 2.11. The lowest BCUT2D eigenvalue weighted by atomic mass is 10.0. The van der Waals surface area contributed by atoms with Crippen molar-refractivity contribution in [3.8, 4) is 0 Å². The SMILES string of the molecule is CCCN1CCC(NC(=O)c2ccc(N)cn2)CC1.Cl.Cl. The van der Waals surface area contributed by atoms with Crippen LogP contribution in [0.3, 0.4) is 0 Å². The quantitative estimate of drug-likeness (QED) is 0.884. The number of hydrogen-bond donors (Lipinski definition) is 2. The summed E-state index contributed by atoms with van der Waals surface area (Å²) in [6.45, 7) is 5.47. The number of likely N-dealkylation sites (tertiary alicyclic amines) is 1. The number of nitrogens with one attached hydrogen (secondary N) is 1. The van der Waals surface area contributed by atoms with Crippen LogP contribution in [-0.4, -0.2) is 41.5 Å². The van der Waals surface area contributed by atoms with E-state index in [0.717, 1.165) is 32.5 Å². The average molecular weight is 335 g/mol. The number of nitrogens with zero attached hydrogens (tertiary/aromatic N) is 2. The molecule has 120 valence electrons. The number of carbonyl (C=O) groups is 1. The summed E-state index contributed by atoms with van der Waals surface area (Å²) in [5, 5.41) is 3.05. The Bertz CT molecular complexity index is 419. The number of anilines is 1. The van der Waals surface area contributed by atoms with Crippen molar-refractivity contribution in [1.29, 1.82) is 0 Å². The summed E-state index contributed by atoms with van der Waals surface area (Å²) >= 11 is 0. The third-order valence-electron chi connectivity index (χ3n) is 3.48. The second-order valence-corrected chi connectivity index (χ2v) is 5.07. The molecule has 1 fully saturated rings. The number of piperidine rings is 1. The molecule has 0 unspecified atom stereocenters. The summed E-state index contributed by atoms with van der Waals surface area (Å²) in [6, 6.07) is 3.63. The topological polar surface area (TPSA) is 71.2 Å². The molecule has 0 atom stereocenters. The average Bonchev–Trinajstić information content (AvgIpc) is 2.42. The molecule has 0 bridgehead atoms. The highest BCUT2D eigenvalue weighted by molar-refractivity contribution is 5.92. The Kier molecular flexibility index (Phi) is 9.33. The summed E-state index contributed by atoms with van der Waals surface area (Å²) < 4.78 is 0. The van der Waals surface area contributed by atoms with Gasteiger partial charge >= 0.3 is 0 Å². The smallest absolute Gasteiger partial charge is 0.270 e. The number of carbonyl (C=O) groups excluding carboxylic acids is 1. The molecule has 5 nitrogen and oxygen atoms in total. The first-order valence-electron chi connectivity index (χ1n) is 6.93. The Balaban J connectivity index is 0.00000200. The van der Waals surface area contributed by atoms with E-state index in [9.17, 15) is 4.79 Å². The van der Waals surface area contributed by atoms with E-state index in [0.29, 0.717) is 11.4 Å². The predicted molar refractivity (Wildman–Crippen MR) is 90.4 cm³/mol. The van der Waals surface area contributed by atoms with Crippen LogP contribution in [0.25, 0.3) is 0 Å². The number of halogens is 2. The molecule has 7 heteroatoms. The normalized spacial score (nSPS) is 15.7. The minimum atomic E-state index is -0.103. The van der Waals surface area contributed by atoms with Crippen molar-refractivity contribution < 1.29 is 4.79 Å². The molecule has 0 spiro atoms. The molecule has 3 N–H and O–H groups in total. The Hall–Kier alpha value is -1.04. The highest BCUT2D eigenvalue weighted by atomic mass is 35.5. The predicted octanol–water partition coefficient (Wildman–Crippen LogP) is 2.11. The maximum atomic E-state index is 12.0. The van der Waals surface area contributed by atoms with Gasteiger partial charge in [0.25, 0.3) is 5.91 Å². The number of nitrogen functional groups attached to an aromatic ring is 1. The minimum Gasteiger partial charge on any atom is -0.397 e. The standard InChI is InChI=1S/C14H22N4O.2ClH/c1-2-7-18-8-5-12(6-9-18)17-14(19)13-4-3-11(15)10-16-13;;/h3-4,10,12H,2,5-9,15H2,1H3,(H,17,19);2*1H. The third kappa shape index (κ3) is 6.08. The van der Waals surface area contributed by atoms with Crippen molar-refractivity contribution in [2.75, 3.05) is 25.4 Å². The van der Waals surface area contributed by atoms with Crippen LogP contribution < -0.4 is 11.1 Å². The van der Waals surface area contributed by atoms with Gasteiger partial charge in [-0.2, -0.15) is 0 Å². The summed E-state index contributed by atoms with van der Waals surface area (Å²) in [7, 11) is 0. The summed E-state index contributed by atoms with van der Waals surface area (Å²) in [5.41, 5.74) is 6.56. The van der Waals surface area contributed by atoms with E-state index in [-0.39, 0.29) is 36.8 Å². The molecule has 1 saturated heterocycles. The largest absolute Gasteiger partial charge is 0.397 e. The molecule has 21 heavy (non-hydrogen) atoms. The molecule has 1 aliphatic rings. The zero-order valence-corrected chi connectivity index (χ0v) is 13.9. The molecule has 1 aromatic heterocycles. The van der Waals surface area contributed by atoms with E-state index in [1.54, 1.807) is 12.1 Å². The maximum Gasteiger partial charge on any atom is 0.270 e. The molecule has 1 amide bonds. The molecule has 0 aliphatic carbocycles. The van der Waals surface area contributed by atoms with Gasteiger partial charge in [-0.05, 0) is 37.9 Å². The first-order chi connectivity index (χ1) is 9.19. The van der Waals surface area contributed by atoms with Crippen LogP contribution in [0, 0.1) is 0 Å². The second-order valence-electron chi connectivity index (χ2n) is 5.07. The van der Waals surface area contributed by atoms with Crippen molar-refractivity contribution in [3.05, 3.63) is 24.0 Å². The molecular formula is C14H24Cl2N4O. The fourth-order valence-electron chi connectivity index (χ4n) is 2.42. The first-order valence-corrected chi connectivity index (χ1v) is 6.93. The van der Waals surface area contributed by atoms with Crippen LogP contribution >= 0.6 is 24.8 Å². The number of nitrogens with two attached hydrogens (primary N) is 1. The molecule has 0 aromatic carbocycles. The third-order valence-corrected chi connectivity index (χ3v) is 3.48. The van der Waals surface area contributed by atoms with E-state index >= 15 is 0 Å². The molecule has 0 radical (unpaired) electrons. The van der Waals surface area contributed by atoms with Crippen LogP contribution in [0.2, 0.25) is 0 Å². The van der Waals surface area contributed by atoms with Crippen LogP contribution in [0.15, 0.2) is 18.3 Å². The lowest BCUT2D eigenvalue weighted by Gasteiger charge is -2.31. The van der Waals surface area contributed by atoms with Crippen molar-refractivity contribution in [2.24, 2.45) is 0 Å². The fraction of sp³-hybridized carbons (Fsp3) is 0.571. The van der Waals surface area contributed by atoms with Gasteiger partial charge in [-0.15, -0.1) is 24.8 Å². The van der Waals surface area contributed by atoms with E-state index < -0.39 is 0 Å². The van der Waals surface area contributed by atoms with E-state index in [2.05, 4.69) is 22.1 Å². The zero-order chi connectivity index (χ0) is 13.7. The zero-order valence-electron chi connectivity index (χ0n) is 12.2. The van der Waals surface area contributed by atoms with Crippen LogP contribution in [0.4, 0.5) is 5.69 Å². The van der Waals surface area contributed by atoms with Crippen LogP contribution in [0.5, 0.6) is 0 Å². The van der Waals surface area contributed by atoms with Gasteiger partial charge in [-0.25, -0.2) is 4.98 Å². The summed E-state index contributed by atoms with van der Waals surface area (Å²) in [6.07, 6.45) is 4.73. The first kappa shape index (κ1) is 20.0. The van der Waals surface area contributed by atoms with Gasteiger partial charge < -0.3 is 16.0 Å². The lowest BCUT2D eigenvalue weighted by molar-refractivity contribution is 0.0906. The fourth-order valence-corrected chi connectivity index (χ4v) is 2.42. The van der Waals surface area contributed by atoms with E-state index in [1.807, 2.05) is 0 Å². The number of aromatic nitrogens is 1. The van der Waals surface area contributed by atoms with Crippen molar-refractivity contribution in [3.63, 3.8) is 0 Å². The Morgan fingerprint density at radius 3 is 2.57 bits per heavy atom. The Morgan fingerprint density at radius 1 is 1.38 bits per heavy atom. The molecule has 1 aliphatic heterocycles. The summed E-state index contributed by atoms with van der Waals surface area (Å²) in [4.78, 5) is 18.5. The molecule has 0 saturated carbocycles. The monoisotopic (exact) mass is 334 g/mol. The van der Waals surface area contributed by atoms with Crippen molar-refractivity contribution in [2.45, 2.75) is 32.2 Å². The van der Waals surface area contributed by atoms with Crippen LogP contribution in [0.1, 0.15) is 36.7 Å². The van der Waals surface area contributed by atoms with Gasteiger partial charge in [-0.3, -0.25) is 4.79 Å². The second kappa shape index (κ2) is 9.82. The van der Waals surface area contributed by atoms with Gasteiger partial charge in [0.05, 0.1) is 11.9 Å². The number of amides is 1. The van der Waals surface area contributed by atoms with Gasteiger partial charge in [0, 0.05) is 19.1 Å². The van der Waals surface area contributed by atoms with Gasteiger partial charge in [0.2, 0.25) is 0 Å². The number of pyridine rings is 1. The molecule has 1 aromatic rings. The maximum absolute atomic E-state index is 12.0. The molecule has 2 heterocycles. The highest BCUT2D eigenvalue weighted by Gasteiger charge is 2.20. The lowest BCUT2D eigenvalue weighted by Crippen LogP contribution is -2.44.